The smallest absolute Gasteiger partial charge is 0.309 e. The number of hydrogen-bond donors (Lipinski definition) is 3. The molecule has 3 aromatic rings. The molecule has 1 aliphatic heterocycles. The van der Waals surface area contributed by atoms with Gasteiger partial charge in [-0.2, -0.15) is 0 Å². The number of carbonyl (C=O) groups is 3. The van der Waals surface area contributed by atoms with Crippen molar-refractivity contribution in [2.45, 2.75) is 44.4 Å². The average Bonchev–Trinajstić information content (AvgIpc) is 2.96. The van der Waals surface area contributed by atoms with Crippen molar-refractivity contribution >= 4 is 33.7 Å². The Morgan fingerprint density at radius 2 is 1.71 bits per heavy atom. The van der Waals surface area contributed by atoms with E-state index in [9.17, 15) is 19.5 Å². The fraction of sp³-hybridized carbons (Fsp3) is 0.281. The normalized spacial score (nSPS) is 23.2. The zero-order chi connectivity index (χ0) is 29.2. The van der Waals surface area contributed by atoms with Crippen molar-refractivity contribution in [1.29, 1.82) is 0 Å². The Morgan fingerprint density at radius 3 is 2.44 bits per heavy atom. The summed E-state index contributed by atoms with van der Waals surface area (Å²) in [6, 6.07) is 21.6. The van der Waals surface area contributed by atoms with Crippen molar-refractivity contribution in [2.75, 3.05) is 6.61 Å². The molecule has 214 valence electrons. The lowest BCUT2D eigenvalue weighted by Crippen LogP contribution is -2.53. The van der Waals surface area contributed by atoms with Gasteiger partial charge in [0, 0.05) is 17.3 Å². The number of esters is 1. The summed E-state index contributed by atoms with van der Waals surface area (Å²) in [6.07, 6.45) is 2.94. The molecule has 0 aliphatic carbocycles. The molecule has 0 bridgehead atoms. The summed E-state index contributed by atoms with van der Waals surface area (Å²) < 4.78 is 12.2. The number of rotatable bonds is 5. The topological polar surface area (TPSA) is 114 Å². The van der Waals surface area contributed by atoms with E-state index in [0.29, 0.717) is 5.75 Å². The fourth-order valence-corrected chi connectivity index (χ4v) is 4.97. The zero-order valence-corrected chi connectivity index (χ0v) is 24.3. The number of ether oxygens (including phenoxy) is 2. The summed E-state index contributed by atoms with van der Waals surface area (Å²) >= 11 is 3.51. The van der Waals surface area contributed by atoms with Gasteiger partial charge in [0.1, 0.15) is 17.5 Å². The number of phenolic OH excluding ortho intramolecular Hbond substituents is 1. The lowest BCUT2D eigenvalue weighted by atomic mass is 9.93. The highest BCUT2D eigenvalue weighted by Gasteiger charge is 2.30. The number of benzene rings is 3. The van der Waals surface area contributed by atoms with Gasteiger partial charge >= 0.3 is 5.97 Å². The highest BCUT2D eigenvalue weighted by molar-refractivity contribution is 9.10. The fourth-order valence-electron chi connectivity index (χ4n) is 4.55. The molecule has 41 heavy (non-hydrogen) atoms. The quantitative estimate of drug-likeness (QED) is 0.273. The minimum Gasteiger partial charge on any atom is -0.508 e. The number of carbonyl (C=O) groups excluding carboxylic acids is 3. The Morgan fingerprint density at radius 1 is 0.951 bits per heavy atom. The predicted octanol–water partition coefficient (Wildman–Crippen LogP) is 5.02. The standard InChI is InChI=1S/C32H33BrN2O6/c1-21-7-5-12-29(37)40-18-17-28(41-26-10-3-2-4-11-26)32(39)34-27(19-22-13-15-25(36)16-14-22)31(38)35-30(21)23-8-6-9-24(33)20-23/h2-11,13-16,20-21,27-28,30,36H,12,17-19H2,1H3,(H,34,39)(H,35,38)/b7-5+/t21-,27+,28?,30+/m1/s1. The van der Waals surface area contributed by atoms with E-state index in [2.05, 4.69) is 26.6 Å². The van der Waals surface area contributed by atoms with Gasteiger partial charge in [-0.05, 0) is 53.4 Å². The van der Waals surface area contributed by atoms with Crippen molar-refractivity contribution in [1.82, 2.24) is 10.6 Å². The zero-order valence-electron chi connectivity index (χ0n) is 22.7. The maximum Gasteiger partial charge on any atom is 0.309 e. The van der Waals surface area contributed by atoms with Crippen LogP contribution in [0.3, 0.4) is 0 Å². The van der Waals surface area contributed by atoms with Crippen LogP contribution >= 0.6 is 15.9 Å². The van der Waals surface area contributed by atoms with Crippen molar-refractivity contribution in [3.63, 3.8) is 0 Å². The van der Waals surface area contributed by atoms with Crippen molar-refractivity contribution < 1.29 is 29.0 Å². The van der Waals surface area contributed by atoms with E-state index in [1.807, 2.05) is 43.3 Å². The molecule has 4 rings (SSSR count). The van der Waals surface area contributed by atoms with E-state index in [1.165, 1.54) is 12.1 Å². The van der Waals surface area contributed by atoms with Gasteiger partial charge < -0.3 is 25.2 Å². The van der Waals surface area contributed by atoms with Gasteiger partial charge in [0.25, 0.3) is 5.91 Å². The van der Waals surface area contributed by atoms with Gasteiger partial charge in [0.2, 0.25) is 5.91 Å². The number of halogens is 1. The van der Waals surface area contributed by atoms with Gasteiger partial charge in [-0.3, -0.25) is 14.4 Å². The summed E-state index contributed by atoms with van der Waals surface area (Å²) in [5, 5.41) is 15.7. The number of amides is 2. The van der Waals surface area contributed by atoms with Crippen LogP contribution in [0.25, 0.3) is 0 Å². The van der Waals surface area contributed by atoms with Crippen LogP contribution in [0.2, 0.25) is 0 Å². The Labute approximate surface area is 247 Å². The van der Waals surface area contributed by atoms with E-state index < -0.39 is 30.1 Å². The first-order chi connectivity index (χ1) is 19.8. The van der Waals surface area contributed by atoms with Crippen LogP contribution in [0.1, 0.15) is 36.9 Å². The van der Waals surface area contributed by atoms with E-state index >= 15 is 0 Å². The number of nitrogens with one attached hydrogen (secondary N) is 2. The van der Waals surface area contributed by atoms with Crippen LogP contribution in [0, 0.1) is 5.92 Å². The van der Waals surface area contributed by atoms with Gasteiger partial charge in [0.15, 0.2) is 6.10 Å². The van der Waals surface area contributed by atoms with Crippen LogP contribution in [0.4, 0.5) is 0 Å². The van der Waals surface area contributed by atoms with Gasteiger partial charge in [0.05, 0.1) is 19.1 Å². The first-order valence-electron chi connectivity index (χ1n) is 13.5. The Kier molecular flexibility index (Phi) is 10.6. The van der Waals surface area contributed by atoms with Gasteiger partial charge in [-0.25, -0.2) is 0 Å². The summed E-state index contributed by atoms with van der Waals surface area (Å²) in [6.45, 7) is 1.92. The predicted molar refractivity (Wildman–Crippen MR) is 158 cm³/mol. The third kappa shape index (κ3) is 8.94. The third-order valence-corrected chi connectivity index (χ3v) is 7.21. The van der Waals surface area contributed by atoms with E-state index in [1.54, 1.807) is 42.5 Å². The number of para-hydroxylation sites is 1. The minimum atomic E-state index is -1.01. The van der Waals surface area contributed by atoms with Crippen LogP contribution in [0.5, 0.6) is 11.5 Å². The van der Waals surface area contributed by atoms with E-state index in [4.69, 9.17) is 9.47 Å². The maximum absolute atomic E-state index is 13.9. The van der Waals surface area contributed by atoms with Crippen LogP contribution in [-0.2, 0) is 25.5 Å². The molecule has 9 heteroatoms. The Hall–Kier alpha value is -4.11. The molecule has 0 spiro atoms. The van der Waals surface area contributed by atoms with Gasteiger partial charge in [-0.15, -0.1) is 0 Å². The molecule has 1 heterocycles. The maximum atomic E-state index is 13.9. The molecular formula is C32H33BrN2O6. The first-order valence-corrected chi connectivity index (χ1v) is 14.3. The molecule has 0 radical (unpaired) electrons. The van der Waals surface area contributed by atoms with Crippen LogP contribution in [0.15, 0.2) is 95.5 Å². The number of aromatic hydroxyl groups is 1. The third-order valence-electron chi connectivity index (χ3n) is 6.72. The molecule has 4 atom stereocenters. The second-order valence-electron chi connectivity index (χ2n) is 9.89. The number of hydrogen-bond acceptors (Lipinski definition) is 6. The molecular weight excluding hydrogens is 588 g/mol. The molecule has 0 aromatic heterocycles. The Bertz CT molecular complexity index is 1360. The Balaban J connectivity index is 1.67. The summed E-state index contributed by atoms with van der Waals surface area (Å²) in [4.78, 5) is 39.8. The lowest BCUT2D eigenvalue weighted by molar-refractivity contribution is -0.144. The van der Waals surface area contributed by atoms with Gasteiger partial charge in [-0.1, -0.05) is 77.5 Å². The first kappa shape index (κ1) is 29.9. The largest absolute Gasteiger partial charge is 0.508 e. The second-order valence-corrected chi connectivity index (χ2v) is 10.8. The minimum absolute atomic E-state index is 0.0252. The van der Waals surface area contributed by atoms with Crippen molar-refractivity contribution in [3.8, 4) is 11.5 Å². The number of phenols is 1. The summed E-state index contributed by atoms with van der Waals surface area (Å²) in [5.41, 5.74) is 1.61. The molecule has 1 unspecified atom stereocenters. The molecule has 0 fully saturated rings. The molecule has 2 amide bonds. The average molecular weight is 622 g/mol. The second kappa shape index (κ2) is 14.5. The van der Waals surface area contributed by atoms with Crippen LogP contribution < -0.4 is 15.4 Å². The van der Waals surface area contributed by atoms with E-state index in [0.717, 1.165) is 15.6 Å². The molecule has 3 N–H and O–H groups in total. The highest BCUT2D eigenvalue weighted by Crippen LogP contribution is 2.26. The summed E-state index contributed by atoms with van der Waals surface area (Å²) in [5.74, 6) is -0.921. The lowest BCUT2D eigenvalue weighted by Gasteiger charge is -2.28. The summed E-state index contributed by atoms with van der Waals surface area (Å²) in [7, 11) is 0. The van der Waals surface area contributed by atoms with E-state index in [-0.39, 0.29) is 43.4 Å². The molecule has 3 aromatic carbocycles. The molecule has 8 nitrogen and oxygen atoms in total. The SMILES string of the molecule is C[C@@H]1/C=C/CC(=O)OCCC(Oc2ccccc2)C(=O)N[C@@H](Cc2ccc(O)cc2)C(=O)N[C@@H]1c1cccc(Br)c1. The monoisotopic (exact) mass is 620 g/mol. The molecule has 1 aliphatic rings. The molecule has 0 saturated carbocycles. The van der Waals surface area contributed by atoms with Crippen LogP contribution in [-0.4, -0.2) is 41.6 Å². The number of cyclic esters (lactones) is 1. The molecule has 0 saturated heterocycles. The van der Waals surface area contributed by atoms with Crippen molar-refractivity contribution in [2.24, 2.45) is 5.92 Å². The highest BCUT2D eigenvalue weighted by atomic mass is 79.9. The van der Waals surface area contributed by atoms with Crippen molar-refractivity contribution in [3.05, 3.63) is 107 Å².